The van der Waals surface area contributed by atoms with E-state index in [0.717, 1.165) is 179 Å². The van der Waals surface area contributed by atoms with Crippen molar-refractivity contribution in [2.24, 2.45) is 0 Å². The lowest BCUT2D eigenvalue weighted by atomic mass is 9.70. The van der Waals surface area contributed by atoms with Crippen LogP contribution in [0.1, 0.15) is 44.5 Å². The van der Waals surface area contributed by atoms with Crippen molar-refractivity contribution in [3.05, 3.63) is 579 Å². The van der Waals surface area contributed by atoms with Gasteiger partial charge >= 0.3 is 0 Å². The van der Waals surface area contributed by atoms with Gasteiger partial charge in [0.15, 0.2) is 0 Å². The second-order valence-electron chi connectivity index (χ2n) is 37.9. The molecule has 0 aliphatic heterocycles. The van der Waals surface area contributed by atoms with Gasteiger partial charge in [-0.05, 0) is 237 Å². The van der Waals surface area contributed by atoms with E-state index in [2.05, 4.69) is 348 Å². The fourth-order valence-electron chi connectivity index (χ4n) is 22.8. The van der Waals surface area contributed by atoms with Crippen LogP contribution in [0.4, 0.5) is 0 Å². The van der Waals surface area contributed by atoms with E-state index in [1.807, 2.05) is 195 Å². The van der Waals surface area contributed by atoms with Crippen LogP contribution in [0.15, 0.2) is 535 Å². The van der Waals surface area contributed by atoms with Gasteiger partial charge in [0, 0.05) is 99.6 Å². The summed E-state index contributed by atoms with van der Waals surface area (Å²) in [5, 5.41) is 0. The average Bonchev–Trinajstić information content (AvgIpc) is 1.51. The van der Waals surface area contributed by atoms with Crippen LogP contribution in [-0.4, -0.2) is 59.8 Å². The van der Waals surface area contributed by atoms with Crippen molar-refractivity contribution in [2.45, 2.75) is 10.8 Å². The van der Waals surface area contributed by atoms with E-state index >= 15 is 0 Å². The Hall–Kier alpha value is -20.1. The zero-order chi connectivity index (χ0) is 99.4. The van der Waals surface area contributed by atoms with Crippen LogP contribution in [0.5, 0.6) is 0 Å². The second-order valence-corrected chi connectivity index (χ2v) is 37.9. The zero-order valence-electron chi connectivity index (χ0n) is 81.2. The molecule has 30 rings (SSSR count). The number of rotatable bonds is 12. The lowest BCUT2D eigenvalue weighted by molar-refractivity contribution is 0.794. The molecule has 8 heterocycles. The van der Waals surface area contributed by atoms with E-state index in [0.29, 0.717) is 0 Å². The van der Waals surface area contributed by atoms with Gasteiger partial charge in [-0.1, -0.05) is 376 Å². The lowest BCUT2D eigenvalue weighted by Gasteiger charge is -2.30. The molecule has 0 fully saturated rings. The van der Waals surface area contributed by atoms with E-state index in [1.54, 1.807) is 12.4 Å². The maximum absolute atomic E-state index is 5.31. The monoisotopic (exact) mass is 1910 g/mol. The van der Waals surface area contributed by atoms with Crippen LogP contribution in [0.2, 0.25) is 0 Å². The normalized spacial score (nSPS) is 12.4. The fraction of sp³-hybridized carbons (Fsp3) is 0.0145. The molecule has 0 saturated carbocycles. The van der Waals surface area contributed by atoms with Gasteiger partial charge in [-0.25, -0.2) is 39.9 Å². The molecule has 12 heteroatoms. The standard InChI is InChI=1S/2C44H27N3.2C25H17N3/c1-4-14-36-32(11-1)33-12-2-5-15-37(33)44(36)38-16-6-3-13-34(38)35-24-23-30(26-39(35)44)43-42(46-40-17-7-8-18-41(40)47-43)29-21-19-28(20-22-29)31-10-9-25-45-27-31;1-4-12-36-32(9-1)33-10-2-5-13-37(33)44(36)38-14-6-3-11-34(38)35-22-21-31(27-39(35)44)43-42(46-40-15-7-8-16-41(40)47-43)30-19-17-28(18-20-30)29-23-25-45-26-24-29;1-2-8-18(9-3-1)24-25(28-23-14-5-4-13-22(23)27-24)20-11-6-10-19(16-20)21-12-7-15-26-17-21;1-2-7-19(8-3-1)24-25(28-23-12-5-4-11-22(23)27-24)21-10-6-9-20(17-21)18-13-15-26-16-14-18/h2*1-27H;2*1-17H. The third-order valence-electron chi connectivity index (χ3n) is 29.5. The summed E-state index contributed by atoms with van der Waals surface area (Å²) in [6.07, 6.45) is 14.6. The molecule has 0 N–H and O–H groups in total. The Balaban J connectivity index is 0.000000101. The van der Waals surface area contributed by atoms with Crippen LogP contribution in [0, 0.1) is 0 Å². The minimum atomic E-state index is -0.412. The largest absolute Gasteiger partial charge is 0.265 e. The number of hydrogen-bond donors (Lipinski definition) is 0. The summed E-state index contributed by atoms with van der Waals surface area (Å²) in [6, 6.07) is 170. The topological polar surface area (TPSA) is 155 Å². The molecule has 8 aromatic heterocycles. The van der Waals surface area contributed by atoms with Gasteiger partial charge in [0.05, 0.1) is 101 Å². The van der Waals surface area contributed by atoms with Crippen LogP contribution < -0.4 is 0 Å². The number of aromatic nitrogens is 12. The van der Waals surface area contributed by atoms with Gasteiger partial charge in [0.1, 0.15) is 0 Å². The molecule has 2 spiro atoms. The molecular weight excluding hydrogens is 1830 g/mol. The summed E-state index contributed by atoms with van der Waals surface area (Å²) < 4.78 is 0. The number of fused-ring (bicyclic) bond motifs is 24. The van der Waals surface area contributed by atoms with Crippen molar-refractivity contribution in [3.63, 3.8) is 0 Å². The first-order chi connectivity index (χ1) is 74.4. The molecule has 4 aliphatic rings. The van der Waals surface area contributed by atoms with E-state index < -0.39 is 10.8 Å². The number of benzene rings is 18. The van der Waals surface area contributed by atoms with Crippen molar-refractivity contribution < 1.29 is 0 Å². The molecule has 0 unspecified atom stereocenters. The predicted octanol–water partition coefficient (Wildman–Crippen LogP) is 32.8. The van der Waals surface area contributed by atoms with Crippen molar-refractivity contribution in [2.75, 3.05) is 0 Å². The molecule has 0 bridgehead atoms. The molecule has 0 saturated heterocycles. The Kier molecular flexibility index (Phi) is 22.4. The van der Waals surface area contributed by atoms with E-state index in [9.17, 15) is 0 Å². The van der Waals surface area contributed by atoms with Crippen LogP contribution >= 0.6 is 0 Å². The molecule has 150 heavy (non-hydrogen) atoms. The predicted molar refractivity (Wildman–Crippen MR) is 607 cm³/mol. The first-order valence-corrected chi connectivity index (χ1v) is 50.5. The summed E-state index contributed by atoms with van der Waals surface area (Å²) in [5.41, 5.74) is 51.6. The number of pyridine rings is 4. The van der Waals surface area contributed by atoms with Gasteiger partial charge in [-0.15, -0.1) is 0 Å². The molecule has 12 nitrogen and oxygen atoms in total. The molecule has 700 valence electrons. The maximum Gasteiger partial charge on any atom is 0.0973 e. The van der Waals surface area contributed by atoms with Crippen molar-refractivity contribution >= 4 is 44.1 Å². The molecular formula is C138H88N12. The van der Waals surface area contributed by atoms with Crippen molar-refractivity contribution in [1.29, 1.82) is 0 Å². The summed E-state index contributed by atoms with van der Waals surface area (Å²) in [7, 11) is 0. The van der Waals surface area contributed by atoms with Crippen LogP contribution in [-0.2, 0) is 10.8 Å². The van der Waals surface area contributed by atoms with Crippen LogP contribution in [0.25, 0.3) is 223 Å². The quantitative estimate of drug-likeness (QED) is 0.114. The highest BCUT2D eigenvalue weighted by Crippen LogP contribution is 2.66. The van der Waals surface area contributed by atoms with Crippen molar-refractivity contribution in [3.8, 4) is 179 Å². The first-order valence-electron chi connectivity index (χ1n) is 50.5. The van der Waals surface area contributed by atoms with E-state index in [1.165, 1.54) is 89.0 Å². The maximum atomic E-state index is 5.31. The smallest absolute Gasteiger partial charge is 0.0973 e. The Morgan fingerprint density at radius 3 is 0.613 bits per heavy atom. The molecule has 0 atom stereocenters. The molecule has 26 aromatic rings. The van der Waals surface area contributed by atoms with Gasteiger partial charge in [-0.3, -0.25) is 19.9 Å². The minimum absolute atomic E-state index is 0.411. The summed E-state index contributed by atoms with van der Waals surface area (Å²) in [6.45, 7) is 0. The Morgan fingerprint density at radius 2 is 0.313 bits per heavy atom. The lowest BCUT2D eigenvalue weighted by Crippen LogP contribution is -2.25. The Bertz CT molecular complexity index is 9010. The molecule has 0 radical (unpaired) electrons. The van der Waals surface area contributed by atoms with Gasteiger partial charge in [0.25, 0.3) is 0 Å². The Morgan fingerprint density at radius 1 is 0.113 bits per heavy atom. The van der Waals surface area contributed by atoms with Gasteiger partial charge in [-0.2, -0.15) is 0 Å². The second kappa shape index (κ2) is 37.9. The van der Waals surface area contributed by atoms with Gasteiger partial charge < -0.3 is 0 Å². The number of nitrogens with zero attached hydrogens (tertiary/aromatic N) is 12. The fourth-order valence-corrected chi connectivity index (χ4v) is 22.8. The summed E-state index contributed by atoms with van der Waals surface area (Å²) in [5.74, 6) is 0. The van der Waals surface area contributed by atoms with Gasteiger partial charge in [0.2, 0.25) is 0 Å². The minimum Gasteiger partial charge on any atom is -0.265 e. The molecule has 0 amide bonds. The molecule has 18 aromatic carbocycles. The average molecular weight is 1910 g/mol. The Labute approximate surface area is 867 Å². The van der Waals surface area contributed by atoms with Crippen molar-refractivity contribution in [1.82, 2.24) is 59.8 Å². The summed E-state index contributed by atoms with van der Waals surface area (Å²) in [4.78, 5) is 57.8. The van der Waals surface area contributed by atoms with Crippen LogP contribution in [0.3, 0.4) is 0 Å². The first kappa shape index (κ1) is 88.8. The highest BCUT2D eigenvalue weighted by molar-refractivity contribution is 6.01. The highest BCUT2D eigenvalue weighted by atomic mass is 14.9. The molecule has 4 aliphatic carbocycles. The third kappa shape index (κ3) is 15.6. The zero-order valence-corrected chi connectivity index (χ0v) is 81.2. The third-order valence-corrected chi connectivity index (χ3v) is 29.5. The number of para-hydroxylation sites is 8. The van der Waals surface area contributed by atoms with E-state index in [-0.39, 0.29) is 0 Å². The highest BCUT2D eigenvalue weighted by Gasteiger charge is 2.54. The van der Waals surface area contributed by atoms with E-state index in [4.69, 9.17) is 39.9 Å². The number of hydrogen-bond acceptors (Lipinski definition) is 12. The summed E-state index contributed by atoms with van der Waals surface area (Å²) >= 11 is 0. The SMILES string of the molecule is c1ccc(-c2nc3ccccc3nc2-c2cccc(-c3cccnc3)c2)cc1.c1ccc(-c2nc3ccccc3nc2-c2cccc(-c3ccncc3)c2)cc1.c1ccc2c(c1)-c1ccccc1C21c2ccccc2-c2ccc(-c3nc4ccccc4nc3-c3ccc(-c4ccncc4)cc3)cc21.c1cncc(-c2ccc(-c3nc4ccccc4nc3-c3ccc4c(c3)C3(c5ccccc5-c5ccccc53)c3ccccc3-4)cc2)c1.